The van der Waals surface area contributed by atoms with Gasteiger partial charge in [-0.05, 0) is 56.2 Å². The lowest BCUT2D eigenvalue weighted by Gasteiger charge is -2.17. The quantitative estimate of drug-likeness (QED) is 0.486. The summed E-state index contributed by atoms with van der Waals surface area (Å²) >= 11 is 5.84. The Morgan fingerprint density at radius 2 is 1.58 bits per heavy atom. The maximum atomic E-state index is 12.5. The van der Waals surface area contributed by atoms with Gasteiger partial charge in [-0.15, -0.1) is 0 Å². The molecule has 3 rings (SSSR count). The van der Waals surface area contributed by atoms with Crippen molar-refractivity contribution in [1.29, 1.82) is 0 Å². The molecule has 0 saturated heterocycles. The minimum atomic E-state index is -0.391. The fourth-order valence-corrected chi connectivity index (χ4v) is 3.47. The topological polar surface area (TPSA) is 95.6 Å². The van der Waals surface area contributed by atoms with E-state index in [0.717, 1.165) is 5.56 Å². The predicted molar refractivity (Wildman–Crippen MR) is 117 cm³/mol. The zero-order valence-electron chi connectivity index (χ0n) is 17.4. The van der Waals surface area contributed by atoms with Crippen molar-refractivity contribution >= 4 is 35.2 Å². The summed E-state index contributed by atoms with van der Waals surface area (Å²) in [7, 11) is 0. The Balaban J connectivity index is 1.45. The van der Waals surface area contributed by atoms with Crippen LogP contribution in [0.2, 0.25) is 5.02 Å². The average molecular weight is 442 g/mol. The molecule has 2 N–H and O–H groups in total. The van der Waals surface area contributed by atoms with Gasteiger partial charge in [0.1, 0.15) is 0 Å². The van der Waals surface area contributed by atoms with Crippen LogP contribution in [0.3, 0.4) is 0 Å². The summed E-state index contributed by atoms with van der Waals surface area (Å²) in [5.41, 5.74) is 1.86. The molecule has 8 heteroatoms. The normalized spacial score (nSPS) is 12.8. The lowest BCUT2D eigenvalue weighted by Crippen LogP contribution is -2.36. The van der Waals surface area contributed by atoms with E-state index in [1.807, 2.05) is 12.1 Å². The van der Waals surface area contributed by atoms with Gasteiger partial charge in [0.25, 0.3) is 17.7 Å². The molecule has 7 nitrogen and oxygen atoms in total. The van der Waals surface area contributed by atoms with E-state index in [1.165, 1.54) is 23.1 Å². The highest BCUT2D eigenvalue weighted by Crippen LogP contribution is 2.25. The van der Waals surface area contributed by atoms with Crippen LogP contribution in [0.15, 0.2) is 42.5 Å². The standard InChI is InChI=1S/C23H24ClN3O4/c1-14(2)27-22(30)18-9-6-16(13-19(18)23(27)31)21(29)26-12-11-25-20(28)10-5-15-3-7-17(24)8-4-15/h3-4,6-9,13-14H,5,10-12H2,1-2H3,(H,25,28)(H,26,29). The molecule has 1 aliphatic heterocycles. The predicted octanol–water partition coefficient (Wildman–Crippen LogP) is 2.82. The van der Waals surface area contributed by atoms with Gasteiger partial charge < -0.3 is 10.6 Å². The van der Waals surface area contributed by atoms with Crippen LogP contribution in [0, 0.1) is 0 Å². The Labute approximate surface area is 185 Å². The second-order valence-electron chi connectivity index (χ2n) is 7.57. The van der Waals surface area contributed by atoms with Gasteiger partial charge in [0, 0.05) is 36.1 Å². The molecular formula is C23H24ClN3O4. The summed E-state index contributed by atoms with van der Waals surface area (Å²) < 4.78 is 0. The molecule has 0 spiro atoms. The van der Waals surface area contributed by atoms with Gasteiger partial charge in [0.2, 0.25) is 5.91 Å². The Morgan fingerprint density at radius 3 is 2.26 bits per heavy atom. The van der Waals surface area contributed by atoms with Crippen molar-refractivity contribution < 1.29 is 19.2 Å². The number of hydrogen-bond donors (Lipinski definition) is 2. The van der Waals surface area contributed by atoms with Crippen LogP contribution >= 0.6 is 11.6 Å². The number of carbonyl (C=O) groups is 4. The molecule has 0 saturated carbocycles. The molecule has 0 radical (unpaired) electrons. The summed E-state index contributed by atoms with van der Waals surface area (Å²) in [6.07, 6.45) is 0.938. The molecule has 0 fully saturated rings. The molecule has 0 aliphatic carbocycles. The van der Waals surface area contributed by atoms with Crippen molar-refractivity contribution in [2.45, 2.75) is 32.7 Å². The zero-order chi connectivity index (χ0) is 22.5. The summed E-state index contributed by atoms with van der Waals surface area (Å²) in [4.78, 5) is 50.3. The van der Waals surface area contributed by atoms with Crippen molar-refractivity contribution in [2.75, 3.05) is 13.1 Å². The third kappa shape index (κ3) is 5.30. The highest BCUT2D eigenvalue weighted by Gasteiger charge is 2.37. The van der Waals surface area contributed by atoms with Crippen LogP contribution in [0.4, 0.5) is 0 Å². The van der Waals surface area contributed by atoms with Crippen LogP contribution in [0.5, 0.6) is 0 Å². The first-order valence-electron chi connectivity index (χ1n) is 10.1. The largest absolute Gasteiger partial charge is 0.354 e. The first-order chi connectivity index (χ1) is 14.8. The fraction of sp³-hybridized carbons (Fsp3) is 0.304. The number of fused-ring (bicyclic) bond motifs is 1. The third-order valence-electron chi connectivity index (χ3n) is 4.98. The maximum absolute atomic E-state index is 12.5. The Bertz CT molecular complexity index is 1020. The summed E-state index contributed by atoms with van der Waals surface area (Å²) in [6, 6.07) is 11.5. The van der Waals surface area contributed by atoms with Gasteiger partial charge >= 0.3 is 0 Å². The molecule has 1 aliphatic rings. The van der Waals surface area contributed by atoms with Crippen molar-refractivity contribution in [3.63, 3.8) is 0 Å². The number of nitrogens with one attached hydrogen (secondary N) is 2. The first-order valence-corrected chi connectivity index (χ1v) is 10.5. The van der Waals surface area contributed by atoms with Crippen LogP contribution in [0.1, 0.15) is 56.9 Å². The Hall–Kier alpha value is -3.19. The van der Waals surface area contributed by atoms with E-state index in [1.54, 1.807) is 26.0 Å². The molecular weight excluding hydrogens is 418 g/mol. The number of hydrogen-bond acceptors (Lipinski definition) is 4. The molecule has 2 aromatic carbocycles. The van der Waals surface area contributed by atoms with E-state index < -0.39 is 5.91 Å². The highest BCUT2D eigenvalue weighted by molar-refractivity contribution is 6.30. The Kier molecular flexibility index (Phi) is 7.07. The third-order valence-corrected chi connectivity index (χ3v) is 5.24. The SMILES string of the molecule is CC(C)N1C(=O)c2ccc(C(=O)NCCNC(=O)CCc3ccc(Cl)cc3)cc2C1=O. The van der Waals surface area contributed by atoms with Crippen LogP contribution in [-0.4, -0.2) is 47.7 Å². The van der Waals surface area contributed by atoms with Gasteiger partial charge in [-0.3, -0.25) is 24.1 Å². The van der Waals surface area contributed by atoms with Crippen molar-refractivity contribution in [1.82, 2.24) is 15.5 Å². The number of carbonyl (C=O) groups excluding carboxylic acids is 4. The summed E-state index contributed by atoms with van der Waals surface area (Å²) in [6.45, 7) is 4.06. The molecule has 0 aromatic heterocycles. The second kappa shape index (κ2) is 9.75. The van der Waals surface area contributed by atoms with E-state index in [0.29, 0.717) is 29.0 Å². The number of nitrogens with zero attached hydrogens (tertiary/aromatic N) is 1. The molecule has 0 unspecified atom stereocenters. The average Bonchev–Trinajstić information content (AvgIpc) is 3.00. The monoisotopic (exact) mass is 441 g/mol. The van der Waals surface area contributed by atoms with Crippen molar-refractivity contribution in [3.8, 4) is 0 Å². The van der Waals surface area contributed by atoms with Gasteiger partial charge in [-0.2, -0.15) is 0 Å². The number of imide groups is 1. The fourth-order valence-electron chi connectivity index (χ4n) is 3.35. The van der Waals surface area contributed by atoms with E-state index in [2.05, 4.69) is 10.6 Å². The number of benzene rings is 2. The van der Waals surface area contributed by atoms with Crippen molar-refractivity contribution in [3.05, 3.63) is 69.7 Å². The molecule has 4 amide bonds. The molecule has 2 aromatic rings. The van der Waals surface area contributed by atoms with E-state index >= 15 is 0 Å². The lowest BCUT2D eigenvalue weighted by atomic mass is 10.1. The lowest BCUT2D eigenvalue weighted by molar-refractivity contribution is -0.121. The zero-order valence-corrected chi connectivity index (χ0v) is 18.2. The number of amides is 4. The Morgan fingerprint density at radius 1 is 0.935 bits per heavy atom. The van der Waals surface area contributed by atoms with Crippen LogP contribution in [-0.2, 0) is 11.2 Å². The molecule has 31 heavy (non-hydrogen) atoms. The molecule has 0 atom stereocenters. The van der Waals surface area contributed by atoms with Gasteiger partial charge in [0.15, 0.2) is 0 Å². The highest BCUT2D eigenvalue weighted by atomic mass is 35.5. The number of rotatable bonds is 8. The maximum Gasteiger partial charge on any atom is 0.261 e. The second-order valence-corrected chi connectivity index (χ2v) is 8.00. The van der Waals surface area contributed by atoms with Gasteiger partial charge in [-0.25, -0.2) is 0 Å². The van der Waals surface area contributed by atoms with Gasteiger partial charge in [-0.1, -0.05) is 23.7 Å². The molecule has 1 heterocycles. The van der Waals surface area contributed by atoms with E-state index in [4.69, 9.17) is 11.6 Å². The number of aryl methyl sites for hydroxylation is 1. The minimum Gasteiger partial charge on any atom is -0.354 e. The summed E-state index contributed by atoms with van der Waals surface area (Å²) in [5, 5.41) is 6.12. The smallest absolute Gasteiger partial charge is 0.261 e. The molecule has 162 valence electrons. The number of halogens is 1. The molecule has 0 bridgehead atoms. The van der Waals surface area contributed by atoms with Crippen LogP contribution < -0.4 is 10.6 Å². The van der Waals surface area contributed by atoms with Crippen LogP contribution in [0.25, 0.3) is 0 Å². The summed E-state index contributed by atoms with van der Waals surface area (Å²) in [5.74, 6) is -1.22. The van der Waals surface area contributed by atoms with E-state index in [-0.39, 0.29) is 42.4 Å². The minimum absolute atomic E-state index is 0.111. The van der Waals surface area contributed by atoms with Gasteiger partial charge in [0.05, 0.1) is 11.1 Å². The van der Waals surface area contributed by atoms with E-state index in [9.17, 15) is 19.2 Å². The van der Waals surface area contributed by atoms with Crippen molar-refractivity contribution in [2.24, 2.45) is 0 Å². The first kappa shape index (κ1) is 22.5.